The second kappa shape index (κ2) is 7.99. The zero-order valence-electron chi connectivity index (χ0n) is 12.5. The maximum atomic E-state index is 12.0. The Balaban J connectivity index is 1.87. The molecular weight excluding hydrogens is 335 g/mol. The third kappa shape index (κ3) is 5.27. The highest BCUT2D eigenvalue weighted by atomic mass is 35.5. The van der Waals surface area contributed by atoms with E-state index < -0.39 is 6.04 Å². The van der Waals surface area contributed by atoms with Crippen molar-refractivity contribution in [2.45, 2.75) is 19.5 Å². The lowest BCUT2D eigenvalue weighted by Crippen LogP contribution is -2.44. The number of hydrogen-bond acceptors (Lipinski definition) is 2. The van der Waals surface area contributed by atoms with Gasteiger partial charge in [-0.1, -0.05) is 35.3 Å². The molecule has 120 valence electrons. The summed E-state index contributed by atoms with van der Waals surface area (Å²) >= 11 is 11.7. The number of benzene rings is 2. The molecule has 2 aromatic rings. The highest BCUT2D eigenvalue weighted by Crippen LogP contribution is 2.11. The van der Waals surface area contributed by atoms with Crippen molar-refractivity contribution in [3.63, 3.8) is 0 Å². The van der Waals surface area contributed by atoms with Crippen molar-refractivity contribution < 1.29 is 9.59 Å². The number of nitrogens with one attached hydrogen (secondary N) is 2. The van der Waals surface area contributed by atoms with Crippen LogP contribution in [0.15, 0.2) is 48.5 Å². The molecule has 0 aliphatic rings. The van der Waals surface area contributed by atoms with Gasteiger partial charge in [0.05, 0.1) is 0 Å². The maximum absolute atomic E-state index is 12.0. The fourth-order valence-corrected chi connectivity index (χ4v) is 2.27. The largest absolute Gasteiger partial charge is 0.350 e. The zero-order valence-corrected chi connectivity index (χ0v) is 14.0. The first-order valence-electron chi connectivity index (χ1n) is 7.04. The molecule has 0 bridgehead atoms. The van der Waals surface area contributed by atoms with E-state index in [0.29, 0.717) is 22.2 Å². The van der Waals surface area contributed by atoms with Crippen molar-refractivity contribution in [2.24, 2.45) is 0 Å². The molecule has 0 aliphatic carbocycles. The summed E-state index contributed by atoms with van der Waals surface area (Å²) in [6, 6.07) is 13.0. The smallest absolute Gasteiger partial charge is 0.251 e. The molecule has 2 aromatic carbocycles. The van der Waals surface area contributed by atoms with Gasteiger partial charge >= 0.3 is 0 Å². The van der Waals surface area contributed by atoms with Crippen molar-refractivity contribution in [1.82, 2.24) is 10.6 Å². The fraction of sp³-hybridized carbons (Fsp3) is 0.176. The number of amides is 2. The Hall–Kier alpha value is -2.04. The van der Waals surface area contributed by atoms with Gasteiger partial charge in [-0.05, 0) is 48.9 Å². The van der Waals surface area contributed by atoms with Crippen molar-refractivity contribution >= 4 is 35.0 Å². The van der Waals surface area contributed by atoms with Crippen LogP contribution in [0.25, 0.3) is 0 Å². The van der Waals surface area contributed by atoms with Crippen molar-refractivity contribution in [1.29, 1.82) is 0 Å². The average molecular weight is 351 g/mol. The topological polar surface area (TPSA) is 58.2 Å². The van der Waals surface area contributed by atoms with Gasteiger partial charge < -0.3 is 10.6 Å². The van der Waals surface area contributed by atoms with Crippen LogP contribution in [0.5, 0.6) is 0 Å². The van der Waals surface area contributed by atoms with E-state index in [4.69, 9.17) is 23.2 Å². The first kappa shape index (κ1) is 17.3. The summed E-state index contributed by atoms with van der Waals surface area (Å²) in [7, 11) is 0. The Morgan fingerprint density at radius 3 is 2.39 bits per heavy atom. The first-order valence-corrected chi connectivity index (χ1v) is 7.80. The molecule has 0 heterocycles. The number of hydrogen-bond donors (Lipinski definition) is 2. The van der Waals surface area contributed by atoms with E-state index in [1.54, 1.807) is 43.3 Å². The standard InChI is InChI=1S/C17H16Cl2N2O2/c1-11(21-17(23)13-5-7-14(18)8-6-13)16(22)20-10-12-3-2-4-15(19)9-12/h2-9,11H,10H2,1H3,(H,20,22)(H,21,23). The summed E-state index contributed by atoms with van der Waals surface area (Å²) in [6.45, 7) is 1.97. The average Bonchev–Trinajstić information content (AvgIpc) is 2.53. The van der Waals surface area contributed by atoms with Crippen LogP contribution in [-0.4, -0.2) is 17.9 Å². The molecule has 23 heavy (non-hydrogen) atoms. The van der Waals surface area contributed by atoms with Crippen LogP contribution in [0.4, 0.5) is 0 Å². The fourth-order valence-electron chi connectivity index (χ4n) is 1.94. The molecule has 0 fully saturated rings. The lowest BCUT2D eigenvalue weighted by molar-refractivity contribution is -0.122. The van der Waals surface area contributed by atoms with Crippen LogP contribution >= 0.6 is 23.2 Å². The number of carbonyl (C=O) groups excluding carboxylic acids is 2. The van der Waals surface area contributed by atoms with Gasteiger partial charge in [0.25, 0.3) is 5.91 Å². The second-order valence-electron chi connectivity index (χ2n) is 5.05. The molecule has 6 heteroatoms. The van der Waals surface area contributed by atoms with Crippen molar-refractivity contribution in [3.05, 3.63) is 69.7 Å². The number of rotatable bonds is 5. The van der Waals surface area contributed by atoms with Gasteiger partial charge in [0.1, 0.15) is 6.04 Å². The molecule has 0 aromatic heterocycles. The summed E-state index contributed by atoms with van der Waals surface area (Å²) in [5.41, 5.74) is 1.34. The molecule has 0 radical (unpaired) electrons. The minimum Gasteiger partial charge on any atom is -0.350 e. The van der Waals surface area contributed by atoms with Gasteiger partial charge in [-0.3, -0.25) is 9.59 Å². The summed E-state index contributed by atoms with van der Waals surface area (Å²) in [5, 5.41) is 6.56. The Labute approximate surface area is 144 Å². The molecule has 0 spiro atoms. The number of halogens is 2. The first-order chi connectivity index (χ1) is 11.0. The van der Waals surface area contributed by atoms with Gasteiger partial charge in [-0.2, -0.15) is 0 Å². The Morgan fingerprint density at radius 1 is 1.04 bits per heavy atom. The van der Waals surface area contributed by atoms with Gasteiger partial charge in [0.2, 0.25) is 5.91 Å². The Bertz CT molecular complexity index is 702. The molecule has 2 amide bonds. The minimum absolute atomic E-state index is 0.271. The van der Waals surface area contributed by atoms with E-state index in [-0.39, 0.29) is 11.8 Å². The third-order valence-electron chi connectivity index (χ3n) is 3.20. The molecule has 0 saturated carbocycles. The van der Waals surface area contributed by atoms with Crippen LogP contribution in [0.2, 0.25) is 10.0 Å². The summed E-state index contributed by atoms with van der Waals surface area (Å²) in [6.07, 6.45) is 0. The molecule has 0 aliphatic heterocycles. The lowest BCUT2D eigenvalue weighted by atomic mass is 10.2. The quantitative estimate of drug-likeness (QED) is 0.867. The molecule has 0 saturated heterocycles. The van der Waals surface area contributed by atoms with E-state index in [0.717, 1.165) is 5.56 Å². The predicted molar refractivity (Wildman–Crippen MR) is 91.7 cm³/mol. The van der Waals surface area contributed by atoms with Gasteiger partial charge in [-0.25, -0.2) is 0 Å². The molecule has 1 unspecified atom stereocenters. The Morgan fingerprint density at radius 2 is 1.74 bits per heavy atom. The van der Waals surface area contributed by atoms with Gasteiger partial charge in [0, 0.05) is 22.2 Å². The maximum Gasteiger partial charge on any atom is 0.251 e. The SMILES string of the molecule is CC(NC(=O)c1ccc(Cl)cc1)C(=O)NCc1cccc(Cl)c1. The van der Waals surface area contributed by atoms with E-state index in [1.807, 2.05) is 12.1 Å². The zero-order chi connectivity index (χ0) is 16.8. The van der Waals surface area contributed by atoms with Gasteiger partial charge in [-0.15, -0.1) is 0 Å². The summed E-state index contributed by atoms with van der Waals surface area (Å²) in [4.78, 5) is 24.1. The second-order valence-corrected chi connectivity index (χ2v) is 5.92. The van der Waals surface area contributed by atoms with E-state index in [9.17, 15) is 9.59 Å². The molecule has 2 N–H and O–H groups in total. The Kier molecular flexibility index (Phi) is 6.02. The highest BCUT2D eigenvalue weighted by molar-refractivity contribution is 6.30. The van der Waals surface area contributed by atoms with E-state index in [1.165, 1.54) is 0 Å². The van der Waals surface area contributed by atoms with Crippen LogP contribution < -0.4 is 10.6 Å². The minimum atomic E-state index is -0.655. The monoisotopic (exact) mass is 350 g/mol. The van der Waals surface area contributed by atoms with Crippen LogP contribution in [0.3, 0.4) is 0 Å². The summed E-state index contributed by atoms with van der Waals surface area (Å²) < 4.78 is 0. The van der Waals surface area contributed by atoms with Crippen LogP contribution in [-0.2, 0) is 11.3 Å². The molecule has 2 rings (SSSR count). The molecule has 4 nitrogen and oxygen atoms in total. The van der Waals surface area contributed by atoms with Crippen molar-refractivity contribution in [2.75, 3.05) is 0 Å². The summed E-state index contributed by atoms with van der Waals surface area (Å²) in [5.74, 6) is -0.598. The van der Waals surface area contributed by atoms with Crippen molar-refractivity contribution in [3.8, 4) is 0 Å². The van der Waals surface area contributed by atoms with E-state index in [2.05, 4.69) is 10.6 Å². The van der Waals surface area contributed by atoms with Crippen LogP contribution in [0, 0.1) is 0 Å². The predicted octanol–water partition coefficient (Wildman–Crippen LogP) is 3.43. The normalized spacial score (nSPS) is 11.6. The lowest BCUT2D eigenvalue weighted by Gasteiger charge is -2.14. The third-order valence-corrected chi connectivity index (χ3v) is 3.69. The highest BCUT2D eigenvalue weighted by Gasteiger charge is 2.16. The number of carbonyl (C=O) groups is 2. The van der Waals surface area contributed by atoms with E-state index >= 15 is 0 Å². The van der Waals surface area contributed by atoms with Gasteiger partial charge in [0.15, 0.2) is 0 Å². The van der Waals surface area contributed by atoms with Crippen LogP contribution in [0.1, 0.15) is 22.8 Å². The molecular formula is C17H16Cl2N2O2. The molecule has 1 atom stereocenters.